The number of carbonyl (C=O) groups is 2. The van der Waals surface area contributed by atoms with Crippen LogP contribution in [0.5, 0.6) is 0 Å². The van der Waals surface area contributed by atoms with E-state index in [2.05, 4.69) is 10.4 Å². The van der Waals surface area contributed by atoms with Crippen molar-refractivity contribution >= 4 is 17.7 Å². The number of hydrogen-bond acceptors (Lipinski definition) is 6. The molecule has 1 aromatic rings. The Balaban J connectivity index is 1.50. The Hall–Kier alpha value is -2.51. The molecular weight excluding hydrogens is 302 g/mol. The molecule has 0 radical (unpaired) electrons. The lowest BCUT2D eigenvalue weighted by atomic mass is 10.2. The number of hydrogen-bond donors (Lipinski definition) is 1. The number of nitrogens with zero attached hydrogens (tertiary/aromatic N) is 2. The lowest BCUT2D eigenvalue weighted by molar-refractivity contribution is -0.148. The molecular formula is C15H19N3O5. The van der Waals surface area contributed by atoms with Gasteiger partial charge in [0.15, 0.2) is 6.61 Å². The van der Waals surface area contributed by atoms with Crippen LogP contribution in [0, 0.1) is 0 Å². The van der Waals surface area contributed by atoms with E-state index in [1.54, 1.807) is 12.3 Å². The fourth-order valence-electron chi connectivity index (χ4n) is 2.71. The van der Waals surface area contributed by atoms with Crippen LogP contribution in [-0.4, -0.2) is 41.5 Å². The van der Waals surface area contributed by atoms with Crippen molar-refractivity contribution in [2.45, 2.75) is 31.7 Å². The predicted molar refractivity (Wildman–Crippen MR) is 79.3 cm³/mol. The number of amides is 1. The summed E-state index contributed by atoms with van der Waals surface area (Å²) in [5.74, 6) is -0.547. The highest BCUT2D eigenvalue weighted by molar-refractivity contribution is 5.94. The van der Waals surface area contributed by atoms with Gasteiger partial charge in [-0.15, -0.1) is 0 Å². The highest BCUT2D eigenvalue weighted by Crippen LogP contribution is 2.31. The molecule has 0 saturated heterocycles. The molecule has 1 saturated carbocycles. The van der Waals surface area contributed by atoms with Crippen LogP contribution in [0.2, 0.25) is 0 Å². The smallest absolute Gasteiger partial charge is 0.377 e. The van der Waals surface area contributed by atoms with Gasteiger partial charge in [-0.3, -0.25) is 4.79 Å². The van der Waals surface area contributed by atoms with E-state index in [1.807, 2.05) is 4.68 Å². The average Bonchev–Trinajstić information content (AvgIpc) is 3.24. The summed E-state index contributed by atoms with van der Waals surface area (Å²) in [5, 5.41) is 6.99. The Morgan fingerprint density at radius 1 is 1.35 bits per heavy atom. The quantitative estimate of drug-likeness (QED) is 0.824. The predicted octanol–water partition coefficient (Wildman–Crippen LogP) is 1.37. The molecule has 0 bridgehead atoms. The lowest BCUT2D eigenvalue weighted by Gasteiger charge is -2.15. The summed E-state index contributed by atoms with van der Waals surface area (Å²) in [6.07, 6.45) is 7.31. The van der Waals surface area contributed by atoms with Crippen molar-refractivity contribution in [2.75, 3.05) is 25.1 Å². The maximum Gasteiger partial charge on any atom is 0.377 e. The molecule has 0 aromatic carbocycles. The molecule has 2 heterocycles. The zero-order valence-corrected chi connectivity index (χ0v) is 12.7. The number of anilines is 1. The van der Waals surface area contributed by atoms with Gasteiger partial charge in [-0.2, -0.15) is 5.10 Å². The number of aromatic nitrogens is 2. The summed E-state index contributed by atoms with van der Waals surface area (Å²) in [6.45, 7) is 0.283. The first kappa shape index (κ1) is 15.4. The summed E-state index contributed by atoms with van der Waals surface area (Å²) in [4.78, 5) is 23.6. The van der Waals surface area contributed by atoms with Gasteiger partial charge >= 0.3 is 5.97 Å². The van der Waals surface area contributed by atoms with E-state index in [9.17, 15) is 9.59 Å². The molecule has 8 nitrogen and oxygen atoms in total. The summed E-state index contributed by atoms with van der Waals surface area (Å²) in [6, 6.07) is 2.05. The highest BCUT2D eigenvalue weighted by atomic mass is 16.6. The molecule has 1 aliphatic carbocycles. The van der Waals surface area contributed by atoms with Crippen molar-refractivity contribution in [3.8, 4) is 0 Å². The van der Waals surface area contributed by atoms with E-state index in [-0.39, 0.29) is 12.4 Å². The topological polar surface area (TPSA) is 91.7 Å². The molecule has 23 heavy (non-hydrogen) atoms. The van der Waals surface area contributed by atoms with E-state index >= 15 is 0 Å². The Labute approximate surface area is 133 Å². The lowest BCUT2D eigenvalue weighted by Crippen LogP contribution is -2.25. The summed E-state index contributed by atoms with van der Waals surface area (Å²) < 4.78 is 16.8. The average molecular weight is 321 g/mol. The maximum atomic E-state index is 11.9. The van der Waals surface area contributed by atoms with Gasteiger partial charge in [0.1, 0.15) is 25.3 Å². The normalized spacial score (nSPS) is 17.8. The van der Waals surface area contributed by atoms with Gasteiger partial charge < -0.3 is 19.5 Å². The van der Waals surface area contributed by atoms with Crippen LogP contribution >= 0.6 is 0 Å². The monoisotopic (exact) mass is 321 g/mol. The molecule has 0 atom stereocenters. The van der Waals surface area contributed by atoms with Gasteiger partial charge in [0.2, 0.25) is 5.76 Å². The van der Waals surface area contributed by atoms with Crippen molar-refractivity contribution in [2.24, 2.45) is 0 Å². The molecule has 2 aliphatic rings. The molecule has 8 heteroatoms. The molecule has 1 N–H and O–H groups in total. The zero-order chi connectivity index (χ0) is 16.1. The van der Waals surface area contributed by atoms with Crippen LogP contribution in [0.15, 0.2) is 24.3 Å². The fourth-order valence-corrected chi connectivity index (χ4v) is 2.71. The van der Waals surface area contributed by atoms with Gasteiger partial charge in [0.25, 0.3) is 5.91 Å². The van der Waals surface area contributed by atoms with Gasteiger partial charge in [0.05, 0.1) is 12.2 Å². The van der Waals surface area contributed by atoms with Gasteiger partial charge in [-0.25, -0.2) is 9.48 Å². The first-order valence-corrected chi connectivity index (χ1v) is 7.69. The van der Waals surface area contributed by atoms with Crippen molar-refractivity contribution in [3.05, 3.63) is 24.3 Å². The van der Waals surface area contributed by atoms with Crippen molar-refractivity contribution in [3.63, 3.8) is 0 Å². The second kappa shape index (κ2) is 7.17. The third-order valence-electron chi connectivity index (χ3n) is 3.79. The van der Waals surface area contributed by atoms with E-state index < -0.39 is 18.5 Å². The third-order valence-corrected chi connectivity index (χ3v) is 3.79. The molecule has 0 unspecified atom stereocenters. The van der Waals surface area contributed by atoms with Crippen LogP contribution in [0.25, 0.3) is 0 Å². The third kappa shape index (κ3) is 3.82. The van der Waals surface area contributed by atoms with Crippen LogP contribution < -0.4 is 5.32 Å². The van der Waals surface area contributed by atoms with E-state index in [0.717, 1.165) is 12.8 Å². The zero-order valence-electron chi connectivity index (χ0n) is 12.7. The number of esters is 1. The Morgan fingerprint density at radius 3 is 2.91 bits per heavy atom. The number of rotatable bonds is 5. The van der Waals surface area contributed by atoms with Crippen LogP contribution in [0.1, 0.15) is 31.7 Å². The largest absolute Gasteiger partial charge is 0.493 e. The van der Waals surface area contributed by atoms with Crippen molar-refractivity contribution in [1.29, 1.82) is 0 Å². The van der Waals surface area contributed by atoms with Crippen LogP contribution in [0.4, 0.5) is 5.82 Å². The molecule has 1 amide bonds. The Morgan fingerprint density at radius 2 is 2.17 bits per heavy atom. The van der Waals surface area contributed by atoms with Crippen LogP contribution in [0.3, 0.4) is 0 Å². The minimum atomic E-state index is -0.718. The molecule has 1 aromatic heterocycles. The highest BCUT2D eigenvalue weighted by Gasteiger charge is 2.21. The van der Waals surface area contributed by atoms with Crippen molar-refractivity contribution < 1.29 is 23.8 Å². The minimum Gasteiger partial charge on any atom is -0.493 e. The summed E-state index contributed by atoms with van der Waals surface area (Å²) in [7, 11) is 0. The van der Waals surface area contributed by atoms with Crippen LogP contribution in [-0.2, 0) is 23.8 Å². The number of ether oxygens (including phenoxy) is 3. The van der Waals surface area contributed by atoms with E-state index in [0.29, 0.717) is 18.5 Å². The Kier molecular flexibility index (Phi) is 4.80. The molecule has 3 rings (SSSR count). The first-order valence-electron chi connectivity index (χ1n) is 7.69. The molecule has 1 fully saturated rings. The number of nitrogens with one attached hydrogen (secondary N) is 1. The van der Waals surface area contributed by atoms with E-state index in [4.69, 9.17) is 14.2 Å². The van der Waals surface area contributed by atoms with E-state index in [1.165, 1.54) is 19.1 Å². The fraction of sp³-hybridized carbons (Fsp3) is 0.533. The van der Waals surface area contributed by atoms with Gasteiger partial charge in [-0.05, 0) is 12.8 Å². The SMILES string of the molecule is O=C(COC(=O)C1=COCCO1)Nc1ccnn1C1CCCC1. The Bertz CT molecular complexity index is 604. The second-order valence-electron chi connectivity index (χ2n) is 5.42. The maximum absolute atomic E-state index is 11.9. The second-order valence-corrected chi connectivity index (χ2v) is 5.42. The van der Waals surface area contributed by atoms with Gasteiger partial charge in [-0.1, -0.05) is 12.8 Å². The van der Waals surface area contributed by atoms with Gasteiger partial charge in [0, 0.05) is 6.07 Å². The molecule has 1 aliphatic heterocycles. The summed E-state index contributed by atoms with van der Waals surface area (Å²) in [5.41, 5.74) is 0. The molecule has 124 valence electrons. The minimum absolute atomic E-state index is 0.0277. The molecule has 0 spiro atoms. The standard InChI is InChI=1S/C15H19N3O5/c19-14(10-23-15(20)12-9-21-7-8-22-12)17-13-5-6-16-18(13)11-3-1-2-4-11/h5-6,9,11H,1-4,7-8,10H2,(H,17,19). The number of carbonyl (C=O) groups excluding carboxylic acids is 2. The first-order chi connectivity index (χ1) is 11.2. The van der Waals surface area contributed by atoms with Crippen molar-refractivity contribution in [1.82, 2.24) is 9.78 Å². The summed E-state index contributed by atoms with van der Waals surface area (Å²) >= 11 is 0.